The van der Waals surface area contributed by atoms with Gasteiger partial charge in [0, 0.05) is 16.8 Å². The zero-order valence-electron chi connectivity index (χ0n) is 21.8. The van der Waals surface area contributed by atoms with Gasteiger partial charge in [0.15, 0.2) is 16.7 Å². The van der Waals surface area contributed by atoms with Crippen LogP contribution in [-0.4, -0.2) is 34.9 Å². The molecule has 1 aromatic heterocycles. The summed E-state index contributed by atoms with van der Waals surface area (Å²) in [6, 6.07) is 18.4. The third kappa shape index (κ3) is 6.14. The lowest BCUT2D eigenvalue weighted by atomic mass is 10.1. The van der Waals surface area contributed by atoms with Crippen LogP contribution in [-0.2, 0) is 17.8 Å². The van der Waals surface area contributed by atoms with Crippen LogP contribution in [0.2, 0.25) is 5.02 Å². The Labute approximate surface area is 231 Å². The van der Waals surface area contributed by atoms with E-state index >= 15 is 0 Å². The number of aromatic nitrogens is 2. The Morgan fingerprint density at radius 2 is 1.63 bits per heavy atom. The fourth-order valence-corrected chi connectivity index (χ4v) is 5.16. The predicted molar refractivity (Wildman–Crippen MR) is 154 cm³/mol. The Balaban J connectivity index is 1.74. The van der Waals surface area contributed by atoms with Crippen LogP contribution in [0.3, 0.4) is 0 Å². The summed E-state index contributed by atoms with van der Waals surface area (Å²) in [6.45, 7) is 4.29. The van der Waals surface area contributed by atoms with E-state index in [0.29, 0.717) is 39.0 Å². The number of benzene rings is 3. The molecule has 0 aliphatic carbocycles. The lowest BCUT2D eigenvalue weighted by molar-refractivity contribution is -0.115. The summed E-state index contributed by atoms with van der Waals surface area (Å²) in [7, 11) is 3.05. The van der Waals surface area contributed by atoms with Crippen molar-refractivity contribution in [1.29, 1.82) is 0 Å². The number of fused-ring (bicyclic) bond motifs is 1. The first-order valence-corrected chi connectivity index (χ1v) is 13.6. The van der Waals surface area contributed by atoms with Gasteiger partial charge in [0.2, 0.25) is 5.91 Å². The van der Waals surface area contributed by atoms with Gasteiger partial charge < -0.3 is 14.8 Å². The van der Waals surface area contributed by atoms with Gasteiger partial charge in [-0.15, -0.1) is 0 Å². The number of rotatable bonds is 10. The van der Waals surface area contributed by atoms with Gasteiger partial charge in [-0.25, -0.2) is 4.98 Å². The number of anilines is 1. The lowest BCUT2D eigenvalue weighted by Crippen LogP contribution is -2.28. The van der Waals surface area contributed by atoms with Gasteiger partial charge in [-0.3, -0.25) is 14.2 Å². The maximum atomic E-state index is 13.8. The van der Waals surface area contributed by atoms with Crippen LogP contribution in [0.25, 0.3) is 10.9 Å². The van der Waals surface area contributed by atoms with Crippen molar-refractivity contribution in [3.05, 3.63) is 87.2 Å². The van der Waals surface area contributed by atoms with E-state index < -0.39 is 5.25 Å². The molecule has 7 nitrogen and oxygen atoms in total. The van der Waals surface area contributed by atoms with E-state index in [4.69, 9.17) is 26.1 Å². The predicted octanol–water partition coefficient (Wildman–Crippen LogP) is 6.19. The summed E-state index contributed by atoms with van der Waals surface area (Å²) < 4.78 is 12.4. The van der Waals surface area contributed by atoms with Crippen molar-refractivity contribution in [2.24, 2.45) is 0 Å². The van der Waals surface area contributed by atoms with Gasteiger partial charge in [0.05, 0.1) is 36.9 Å². The zero-order valence-corrected chi connectivity index (χ0v) is 23.4. The quantitative estimate of drug-likeness (QED) is 0.187. The third-order valence-electron chi connectivity index (χ3n) is 6.22. The van der Waals surface area contributed by atoms with E-state index in [-0.39, 0.29) is 18.0 Å². The van der Waals surface area contributed by atoms with Crippen LogP contribution in [0.5, 0.6) is 11.5 Å². The van der Waals surface area contributed by atoms with Gasteiger partial charge in [0.1, 0.15) is 0 Å². The van der Waals surface area contributed by atoms with E-state index in [1.165, 1.54) is 31.5 Å². The summed E-state index contributed by atoms with van der Waals surface area (Å²) >= 11 is 7.33. The number of methoxy groups -OCH3 is 2. The standard InChI is InChI=1S/C29H30ClN3O4S/c1-5-18-9-13-21(14-10-18)31-27(34)26(6-2)38-29-32-23-16-25(37-4)24(36-3)15-22(23)28(35)33(29)17-19-7-11-20(30)12-8-19/h7-16,26H,5-6,17H2,1-4H3,(H,31,34)/t26-/m1/s1. The van der Waals surface area contributed by atoms with Gasteiger partial charge >= 0.3 is 0 Å². The molecule has 0 bridgehead atoms. The molecule has 0 saturated heterocycles. The molecule has 0 aliphatic heterocycles. The van der Waals surface area contributed by atoms with Crippen LogP contribution in [0.4, 0.5) is 5.69 Å². The molecule has 4 rings (SSSR count). The molecule has 0 radical (unpaired) electrons. The number of thioether (sulfide) groups is 1. The second kappa shape index (κ2) is 12.4. The number of hydrogen-bond acceptors (Lipinski definition) is 6. The van der Waals surface area contributed by atoms with E-state index in [1.54, 1.807) is 28.8 Å². The summed E-state index contributed by atoms with van der Waals surface area (Å²) in [5.74, 6) is 0.761. The molecule has 1 heterocycles. The van der Waals surface area contributed by atoms with Gasteiger partial charge in [-0.05, 0) is 54.3 Å². The summed E-state index contributed by atoms with van der Waals surface area (Å²) in [5, 5.41) is 3.97. The molecule has 1 amide bonds. The van der Waals surface area contributed by atoms with E-state index in [1.807, 2.05) is 43.3 Å². The smallest absolute Gasteiger partial charge is 0.262 e. The maximum Gasteiger partial charge on any atom is 0.262 e. The molecule has 1 N–H and O–H groups in total. The number of amides is 1. The van der Waals surface area contributed by atoms with Crippen molar-refractivity contribution in [3.8, 4) is 11.5 Å². The van der Waals surface area contributed by atoms with Gasteiger partial charge in [-0.1, -0.05) is 61.5 Å². The van der Waals surface area contributed by atoms with E-state index in [9.17, 15) is 9.59 Å². The number of aryl methyl sites for hydroxylation is 1. The first-order valence-electron chi connectivity index (χ1n) is 12.3. The van der Waals surface area contributed by atoms with Gasteiger partial charge in [0.25, 0.3) is 5.56 Å². The number of hydrogen-bond donors (Lipinski definition) is 1. The molecule has 0 unspecified atom stereocenters. The highest BCUT2D eigenvalue weighted by Crippen LogP contribution is 2.32. The monoisotopic (exact) mass is 551 g/mol. The highest BCUT2D eigenvalue weighted by atomic mass is 35.5. The van der Waals surface area contributed by atoms with Crippen LogP contribution in [0, 0.1) is 0 Å². The average molecular weight is 552 g/mol. The highest BCUT2D eigenvalue weighted by molar-refractivity contribution is 8.00. The van der Waals surface area contributed by atoms with Crippen molar-refractivity contribution in [1.82, 2.24) is 9.55 Å². The van der Waals surface area contributed by atoms with Crippen molar-refractivity contribution in [2.75, 3.05) is 19.5 Å². The van der Waals surface area contributed by atoms with Gasteiger partial charge in [-0.2, -0.15) is 0 Å². The molecule has 1 atom stereocenters. The number of carbonyl (C=O) groups is 1. The third-order valence-corrected chi connectivity index (χ3v) is 7.83. The molecular weight excluding hydrogens is 522 g/mol. The normalized spacial score (nSPS) is 11.8. The number of halogens is 1. The molecule has 4 aromatic rings. The van der Waals surface area contributed by atoms with Crippen molar-refractivity contribution in [2.45, 2.75) is 43.6 Å². The fraction of sp³-hybridized carbons (Fsp3) is 0.276. The minimum absolute atomic E-state index is 0.151. The molecule has 0 fully saturated rings. The number of nitrogens with one attached hydrogen (secondary N) is 1. The maximum absolute atomic E-state index is 13.8. The topological polar surface area (TPSA) is 82.5 Å². The summed E-state index contributed by atoms with van der Waals surface area (Å²) in [4.78, 5) is 31.8. The van der Waals surface area contributed by atoms with Crippen LogP contribution in [0.1, 0.15) is 31.4 Å². The highest BCUT2D eigenvalue weighted by Gasteiger charge is 2.23. The lowest BCUT2D eigenvalue weighted by Gasteiger charge is -2.19. The molecule has 0 spiro atoms. The number of carbonyl (C=O) groups excluding carboxylic acids is 1. The molecule has 198 valence electrons. The SMILES string of the molecule is CCc1ccc(NC(=O)[C@@H](CC)Sc2nc3cc(OC)c(OC)cc3c(=O)n2Cc2ccc(Cl)cc2)cc1. The molecule has 0 saturated carbocycles. The molecule has 38 heavy (non-hydrogen) atoms. The number of nitrogens with zero attached hydrogens (tertiary/aromatic N) is 2. The Bertz CT molecular complexity index is 1490. The Hall–Kier alpha value is -3.49. The first kappa shape index (κ1) is 27.5. The average Bonchev–Trinajstić information content (AvgIpc) is 2.94. The second-order valence-corrected chi connectivity index (χ2v) is 10.3. The summed E-state index contributed by atoms with van der Waals surface area (Å²) in [5.41, 5.74) is 3.04. The molecule has 0 aliphatic rings. The Morgan fingerprint density at radius 1 is 1.00 bits per heavy atom. The Kier molecular flexibility index (Phi) is 8.97. The van der Waals surface area contributed by atoms with Crippen molar-refractivity contribution < 1.29 is 14.3 Å². The van der Waals surface area contributed by atoms with E-state index in [2.05, 4.69) is 12.2 Å². The molecule has 9 heteroatoms. The first-order chi connectivity index (χ1) is 18.4. The van der Waals surface area contributed by atoms with E-state index in [0.717, 1.165) is 17.7 Å². The van der Waals surface area contributed by atoms with Crippen LogP contribution in [0.15, 0.2) is 70.6 Å². The zero-order chi connectivity index (χ0) is 27.2. The van der Waals surface area contributed by atoms with Crippen LogP contribution < -0.4 is 20.3 Å². The molecular formula is C29H30ClN3O4S. The van der Waals surface area contributed by atoms with Crippen molar-refractivity contribution in [3.63, 3.8) is 0 Å². The Morgan fingerprint density at radius 3 is 2.24 bits per heavy atom. The second-order valence-electron chi connectivity index (χ2n) is 8.69. The number of ether oxygens (including phenoxy) is 2. The minimum Gasteiger partial charge on any atom is -0.493 e. The van der Waals surface area contributed by atoms with Crippen LogP contribution >= 0.6 is 23.4 Å². The minimum atomic E-state index is -0.471. The summed E-state index contributed by atoms with van der Waals surface area (Å²) in [6.07, 6.45) is 1.47. The fourth-order valence-electron chi connectivity index (χ4n) is 4.03. The molecule has 3 aromatic carbocycles. The van der Waals surface area contributed by atoms with Crippen molar-refractivity contribution >= 4 is 45.9 Å². The largest absolute Gasteiger partial charge is 0.493 e.